The van der Waals surface area contributed by atoms with E-state index in [0.29, 0.717) is 13.0 Å². The van der Waals surface area contributed by atoms with Crippen molar-refractivity contribution in [2.24, 2.45) is 0 Å². The minimum Gasteiger partial charge on any atom is -0.379 e. The summed E-state index contributed by atoms with van der Waals surface area (Å²) in [7, 11) is -3.68. The van der Waals surface area contributed by atoms with Gasteiger partial charge >= 0.3 is 0 Å². The fraction of sp³-hybridized carbons (Fsp3) is 0.727. The third-order valence-electron chi connectivity index (χ3n) is 2.97. The number of ether oxygens (including phenoxy) is 1. The number of hydrogen-bond donors (Lipinski definition) is 2. The van der Waals surface area contributed by atoms with Crippen LogP contribution in [0, 0.1) is 0 Å². The Bertz CT molecular complexity index is 597. The van der Waals surface area contributed by atoms with Crippen molar-refractivity contribution in [1.29, 1.82) is 0 Å². The molecule has 0 aliphatic carbocycles. The summed E-state index contributed by atoms with van der Waals surface area (Å²) in [6, 6.07) is 0. The van der Waals surface area contributed by atoms with Gasteiger partial charge in [-0.2, -0.15) is 0 Å². The van der Waals surface area contributed by atoms with E-state index < -0.39 is 10.0 Å². The molecule has 0 unspecified atom stereocenters. The molecule has 0 atom stereocenters. The summed E-state index contributed by atoms with van der Waals surface area (Å²) in [4.78, 5) is 13.1. The number of nitrogens with zero attached hydrogens (tertiary/aromatic N) is 3. The second-order valence-corrected chi connectivity index (χ2v) is 7.68. The van der Waals surface area contributed by atoms with Gasteiger partial charge in [-0.3, -0.25) is 9.69 Å². The molecule has 124 valence electrons. The molecular formula is C11H19N5O4S2. The Morgan fingerprint density at radius 1 is 1.36 bits per heavy atom. The highest BCUT2D eigenvalue weighted by Crippen LogP contribution is 2.19. The highest BCUT2D eigenvalue weighted by atomic mass is 32.2. The van der Waals surface area contributed by atoms with E-state index in [0.717, 1.165) is 44.2 Å². The van der Waals surface area contributed by atoms with Gasteiger partial charge in [-0.15, -0.1) is 10.2 Å². The van der Waals surface area contributed by atoms with Gasteiger partial charge < -0.3 is 10.1 Å². The van der Waals surface area contributed by atoms with Crippen LogP contribution in [0.3, 0.4) is 0 Å². The molecule has 1 aliphatic heterocycles. The smallest absolute Gasteiger partial charge is 0.269 e. The Kier molecular flexibility index (Phi) is 6.20. The maximum Gasteiger partial charge on any atom is 0.269 e. The summed E-state index contributed by atoms with van der Waals surface area (Å²) in [6.07, 6.45) is 0.705. The number of rotatable bonds is 7. The number of morpholine rings is 1. The molecule has 0 spiro atoms. The lowest BCUT2D eigenvalue weighted by Crippen LogP contribution is -2.38. The third kappa shape index (κ3) is 5.25. The monoisotopic (exact) mass is 349 g/mol. The molecular weight excluding hydrogens is 330 g/mol. The highest BCUT2D eigenvalue weighted by Gasteiger charge is 2.20. The summed E-state index contributed by atoms with van der Waals surface area (Å²) in [6.45, 7) is 5.67. The first-order valence-corrected chi connectivity index (χ1v) is 9.18. The van der Waals surface area contributed by atoms with Crippen molar-refractivity contribution in [2.75, 3.05) is 44.7 Å². The van der Waals surface area contributed by atoms with Crippen molar-refractivity contribution < 1.29 is 17.9 Å². The van der Waals surface area contributed by atoms with Gasteiger partial charge in [-0.05, 0) is 13.0 Å². The van der Waals surface area contributed by atoms with Crippen LogP contribution in [0.25, 0.3) is 0 Å². The molecule has 11 heteroatoms. The average Bonchev–Trinajstić information content (AvgIpc) is 2.93. The van der Waals surface area contributed by atoms with Gasteiger partial charge in [0.05, 0.1) is 13.2 Å². The van der Waals surface area contributed by atoms with Crippen molar-refractivity contribution in [1.82, 2.24) is 19.8 Å². The van der Waals surface area contributed by atoms with E-state index in [9.17, 15) is 13.2 Å². The number of nitrogens with one attached hydrogen (secondary N) is 2. The number of amides is 1. The van der Waals surface area contributed by atoms with E-state index in [2.05, 4.69) is 25.1 Å². The Morgan fingerprint density at radius 3 is 2.77 bits per heavy atom. The molecule has 2 rings (SSSR count). The first-order chi connectivity index (χ1) is 10.5. The lowest BCUT2D eigenvalue weighted by Gasteiger charge is -2.26. The van der Waals surface area contributed by atoms with Gasteiger partial charge in [0.2, 0.25) is 15.4 Å². The second-order valence-electron chi connectivity index (χ2n) is 4.76. The minimum atomic E-state index is -3.68. The average molecular weight is 349 g/mol. The molecule has 0 aromatic carbocycles. The zero-order valence-electron chi connectivity index (χ0n) is 12.2. The van der Waals surface area contributed by atoms with Crippen molar-refractivity contribution in [3.05, 3.63) is 0 Å². The molecule has 1 amide bonds. The van der Waals surface area contributed by atoms with Gasteiger partial charge in [0.15, 0.2) is 0 Å². The van der Waals surface area contributed by atoms with Crippen LogP contribution in [0.4, 0.5) is 5.13 Å². The van der Waals surface area contributed by atoms with Crippen LogP contribution < -0.4 is 10.0 Å². The normalized spacial score (nSPS) is 16.6. The summed E-state index contributed by atoms with van der Waals surface area (Å²) >= 11 is 0.823. The van der Waals surface area contributed by atoms with Crippen LogP contribution >= 0.6 is 11.3 Å². The summed E-state index contributed by atoms with van der Waals surface area (Å²) in [5.41, 5.74) is 0. The predicted octanol–water partition coefficient (Wildman–Crippen LogP) is -0.503. The van der Waals surface area contributed by atoms with Crippen LogP contribution in [-0.4, -0.2) is 68.8 Å². The summed E-state index contributed by atoms with van der Waals surface area (Å²) < 4.78 is 31.7. The van der Waals surface area contributed by atoms with E-state index >= 15 is 0 Å². The minimum absolute atomic E-state index is 0.150. The Hall–Kier alpha value is -1.14. The van der Waals surface area contributed by atoms with Crippen molar-refractivity contribution >= 4 is 32.4 Å². The molecule has 9 nitrogen and oxygen atoms in total. The first kappa shape index (κ1) is 17.2. The van der Waals surface area contributed by atoms with Gasteiger partial charge in [0.25, 0.3) is 10.0 Å². The SMILES string of the molecule is CC(=O)Nc1nnc(S(=O)(=O)NCCCN2CCOCC2)s1. The first-order valence-electron chi connectivity index (χ1n) is 6.88. The van der Waals surface area contributed by atoms with E-state index in [1.54, 1.807) is 0 Å². The summed E-state index contributed by atoms with van der Waals surface area (Å²) in [5, 5.41) is 9.78. The number of aromatic nitrogens is 2. The molecule has 2 N–H and O–H groups in total. The Morgan fingerprint density at radius 2 is 2.09 bits per heavy atom. The van der Waals surface area contributed by atoms with Crippen LogP contribution in [0.5, 0.6) is 0 Å². The third-order valence-corrected chi connectivity index (χ3v) is 5.63. The zero-order valence-corrected chi connectivity index (χ0v) is 13.9. The number of carbonyl (C=O) groups excluding carboxylic acids is 1. The largest absolute Gasteiger partial charge is 0.379 e. The quantitative estimate of drug-likeness (QED) is 0.504. The zero-order chi connectivity index (χ0) is 16.0. The second kappa shape index (κ2) is 7.92. The molecule has 1 fully saturated rings. The van der Waals surface area contributed by atoms with Crippen molar-refractivity contribution in [2.45, 2.75) is 17.7 Å². The molecule has 1 aliphatic rings. The topological polar surface area (TPSA) is 114 Å². The number of hydrogen-bond acceptors (Lipinski definition) is 8. The fourth-order valence-corrected chi connectivity index (χ4v) is 3.98. The van der Waals surface area contributed by atoms with Gasteiger partial charge in [-0.1, -0.05) is 11.3 Å². The van der Waals surface area contributed by atoms with Gasteiger partial charge in [-0.25, -0.2) is 13.1 Å². The molecule has 22 heavy (non-hydrogen) atoms. The maximum absolute atomic E-state index is 12.0. The molecule has 0 bridgehead atoms. The van der Waals surface area contributed by atoms with Gasteiger partial charge in [0.1, 0.15) is 0 Å². The molecule has 1 saturated heterocycles. The van der Waals surface area contributed by atoms with Crippen molar-refractivity contribution in [3.63, 3.8) is 0 Å². The van der Waals surface area contributed by atoms with E-state index in [4.69, 9.17) is 4.74 Å². The molecule has 1 aromatic rings. The van der Waals surface area contributed by atoms with Crippen LogP contribution in [0.15, 0.2) is 4.34 Å². The molecule has 0 radical (unpaired) electrons. The highest BCUT2D eigenvalue weighted by molar-refractivity contribution is 7.91. The maximum atomic E-state index is 12.0. The molecule has 0 saturated carbocycles. The number of sulfonamides is 1. The van der Waals surface area contributed by atoms with Gasteiger partial charge in [0, 0.05) is 26.6 Å². The van der Waals surface area contributed by atoms with Crippen molar-refractivity contribution in [3.8, 4) is 0 Å². The Labute approximate surface area is 133 Å². The molecule has 1 aromatic heterocycles. The summed E-state index contributed by atoms with van der Waals surface area (Å²) in [5.74, 6) is -0.321. The van der Waals surface area contributed by atoms with Crippen LogP contribution in [0.2, 0.25) is 0 Å². The fourth-order valence-electron chi connectivity index (χ4n) is 1.92. The standard InChI is InChI=1S/C11H19N5O4S2/c1-9(17)13-10-14-15-11(21-10)22(18,19)12-3-2-4-16-5-7-20-8-6-16/h12H,2-8H2,1H3,(H,13,14,17). The lowest BCUT2D eigenvalue weighted by atomic mass is 10.3. The predicted molar refractivity (Wildman–Crippen MR) is 81.3 cm³/mol. The lowest BCUT2D eigenvalue weighted by molar-refractivity contribution is -0.114. The number of carbonyl (C=O) groups is 1. The van der Waals surface area contributed by atoms with Crippen LogP contribution in [0.1, 0.15) is 13.3 Å². The van der Waals surface area contributed by atoms with E-state index in [-0.39, 0.29) is 15.4 Å². The van der Waals surface area contributed by atoms with E-state index in [1.165, 1.54) is 6.92 Å². The Balaban J connectivity index is 1.77. The van der Waals surface area contributed by atoms with E-state index in [1.807, 2.05) is 0 Å². The van der Waals surface area contributed by atoms with Crippen LogP contribution in [-0.2, 0) is 19.6 Å². The molecule has 2 heterocycles. The number of anilines is 1.